The Labute approximate surface area is 145 Å². The van der Waals surface area contributed by atoms with E-state index < -0.39 is 29.4 Å². The van der Waals surface area contributed by atoms with Crippen molar-refractivity contribution in [3.8, 4) is 0 Å². The molecule has 0 aromatic rings. The zero-order valence-corrected chi connectivity index (χ0v) is 13.8. The van der Waals surface area contributed by atoms with E-state index in [4.69, 9.17) is 0 Å². The lowest BCUT2D eigenvalue weighted by molar-refractivity contribution is -0.147. The maximum Gasteiger partial charge on any atom is 0.250 e. The summed E-state index contributed by atoms with van der Waals surface area (Å²) in [4.78, 5) is 50.7. The van der Waals surface area contributed by atoms with Crippen LogP contribution in [0.5, 0.6) is 0 Å². The Kier molecular flexibility index (Phi) is 6.21. The molecule has 1 aliphatic heterocycles. The normalized spacial score (nSPS) is 15.6. The molecule has 1 rings (SSSR count). The van der Waals surface area contributed by atoms with E-state index in [1.54, 1.807) is 0 Å². The molecule has 1 aliphatic rings. The van der Waals surface area contributed by atoms with Crippen molar-refractivity contribution in [2.45, 2.75) is 5.79 Å². The molecule has 0 aromatic heterocycles. The van der Waals surface area contributed by atoms with E-state index in [-0.39, 0.29) is 18.8 Å². The van der Waals surface area contributed by atoms with Crippen LogP contribution in [0.3, 0.4) is 0 Å². The quantitative estimate of drug-likeness (QED) is 0.515. The first kappa shape index (κ1) is 19.6. The summed E-state index contributed by atoms with van der Waals surface area (Å²) in [6, 6.07) is 0. The fourth-order valence-electron chi connectivity index (χ4n) is 2.36. The molecule has 4 amide bonds. The second-order valence-electron chi connectivity index (χ2n) is 4.93. The van der Waals surface area contributed by atoms with E-state index >= 15 is 0 Å². The van der Waals surface area contributed by atoms with Crippen LogP contribution in [-0.4, -0.2) is 52.3 Å². The maximum atomic E-state index is 12.3. The highest BCUT2D eigenvalue weighted by molar-refractivity contribution is 5.95. The van der Waals surface area contributed by atoms with Gasteiger partial charge in [-0.25, -0.2) is 0 Å². The Bertz CT molecular complexity index is 658. The van der Waals surface area contributed by atoms with Crippen LogP contribution in [0, 0.1) is 0 Å². The molecule has 0 atom stereocenters. The molecule has 25 heavy (non-hydrogen) atoms. The number of hydrogen-bond acceptors (Lipinski definition) is 4. The van der Waals surface area contributed by atoms with Crippen LogP contribution < -0.4 is 10.6 Å². The van der Waals surface area contributed by atoms with Gasteiger partial charge in [0.1, 0.15) is 0 Å². The fraction of sp³-hybridized carbons (Fsp3) is 0.176. The number of piperazine rings is 1. The summed E-state index contributed by atoms with van der Waals surface area (Å²) in [5.74, 6) is -4.36. The van der Waals surface area contributed by atoms with Gasteiger partial charge >= 0.3 is 0 Å². The molecule has 8 heteroatoms. The average Bonchev–Trinajstić information content (AvgIpc) is 2.62. The van der Waals surface area contributed by atoms with Crippen LogP contribution >= 0.6 is 0 Å². The Hall–Kier alpha value is -3.42. The van der Waals surface area contributed by atoms with Crippen LogP contribution in [0.4, 0.5) is 0 Å². The second-order valence-corrected chi connectivity index (χ2v) is 4.93. The van der Waals surface area contributed by atoms with Gasteiger partial charge in [-0.3, -0.25) is 24.1 Å². The van der Waals surface area contributed by atoms with Crippen LogP contribution in [0.1, 0.15) is 0 Å². The molecule has 1 fully saturated rings. The van der Waals surface area contributed by atoms with Gasteiger partial charge in [0.2, 0.25) is 29.4 Å². The Balaban J connectivity index is 3.55. The Morgan fingerprint density at radius 2 is 1.32 bits per heavy atom. The third kappa shape index (κ3) is 3.74. The fourth-order valence-corrected chi connectivity index (χ4v) is 2.36. The molecule has 8 nitrogen and oxygen atoms in total. The number of nitrogens with zero attached hydrogens (tertiary/aromatic N) is 2. The highest BCUT2D eigenvalue weighted by Crippen LogP contribution is 2.27. The number of carbonyl (C=O) groups excluding carboxylic acids is 4. The van der Waals surface area contributed by atoms with Gasteiger partial charge < -0.3 is 15.5 Å². The third-order valence-electron chi connectivity index (χ3n) is 3.56. The van der Waals surface area contributed by atoms with Crippen molar-refractivity contribution in [3.63, 3.8) is 0 Å². The van der Waals surface area contributed by atoms with Gasteiger partial charge in [0.05, 0.1) is 5.70 Å². The SMILES string of the molecule is C=CC(=O)NC1(NC(=O)C=C)C(=C)N(C(=O)C=C)CCN1C(=O)C=C. The standard InChI is InChI=1S/C17H20N4O4/c1-6-13(22)18-17(19-14(23)7-2)12(5)20(15(24)8-3)10-11-21(17)16(25)9-4/h6-9H,1-5,10-11H2,(H,18,22)(H,19,23). The smallest absolute Gasteiger partial charge is 0.250 e. The molecule has 0 unspecified atom stereocenters. The van der Waals surface area contributed by atoms with Crippen molar-refractivity contribution in [1.29, 1.82) is 0 Å². The van der Waals surface area contributed by atoms with Crippen LogP contribution in [-0.2, 0) is 19.2 Å². The molecular formula is C17H20N4O4. The predicted octanol–water partition coefficient (Wildman–Crippen LogP) is -0.199. The summed E-state index contributed by atoms with van der Waals surface area (Å²) in [6.45, 7) is 17.4. The molecule has 1 heterocycles. The molecule has 1 saturated heterocycles. The number of carbonyl (C=O) groups is 4. The molecule has 0 spiro atoms. The zero-order chi connectivity index (χ0) is 19.2. The minimum Gasteiger partial charge on any atom is -0.307 e. The summed E-state index contributed by atoms with van der Waals surface area (Å²) in [5, 5.41) is 4.93. The second kappa shape index (κ2) is 7.91. The van der Waals surface area contributed by atoms with Crippen molar-refractivity contribution >= 4 is 23.6 Å². The lowest BCUT2D eigenvalue weighted by Crippen LogP contribution is -2.76. The molecule has 0 aromatic carbocycles. The Morgan fingerprint density at radius 3 is 1.72 bits per heavy atom. The van der Waals surface area contributed by atoms with Crippen molar-refractivity contribution in [2.75, 3.05) is 13.1 Å². The minimum atomic E-state index is -1.89. The summed E-state index contributed by atoms with van der Waals surface area (Å²) < 4.78 is 0. The molecule has 132 valence electrons. The van der Waals surface area contributed by atoms with Crippen molar-refractivity contribution in [3.05, 3.63) is 62.9 Å². The van der Waals surface area contributed by atoms with Crippen LogP contribution in [0.25, 0.3) is 0 Å². The summed E-state index contributed by atoms with van der Waals surface area (Å²) in [5.41, 5.74) is -0.0377. The van der Waals surface area contributed by atoms with Crippen molar-refractivity contribution < 1.29 is 19.2 Å². The van der Waals surface area contributed by atoms with Gasteiger partial charge in [0, 0.05) is 13.1 Å². The lowest BCUT2D eigenvalue weighted by atomic mass is 10.1. The summed E-state index contributed by atoms with van der Waals surface area (Å²) >= 11 is 0. The summed E-state index contributed by atoms with van der Waals surface area (Å²) in [6.07, 6.45) is 4.00. The van der Waals surface area contributed by atoms with E-state index in [0.717, 1.165) is 29.2 Å². The molecule has 0 radical (unpaired) electrons. The van der Waals surface area contributed by atoms with Crippen LogP contribution in [0.15, 0.2) is 62.9 Å². The zero-order valence-electron chi connectivity index (χ0n) is 13.8. The first-order valence-corrected chi connectivity index (χ1v) is 7.23. The van der Waals surface area contributed by atoms with Gasteiger partial charge in [-0.15, -0.1) is 0 Å². The maximum absolute atomic E-state index is 12.3. The highest BCUT2D eigenvalue weighted by atomic mass is 16.2. The summed E-state index contributed by atoms with van der Waals surface area (Å²) in [7, 11) is 0. The van der Waals surface area contributed by atoms with E-state index in [9.17, 15) is 19.2 Å². The molecule has 2 N–H and O–H groups in total. The van der Waals surface area contributed by atoms with E-state index in [1.165, 1.54) is 4.90 Å². The molecule has 0 bridgehead atoms. The van der Waals surface area contributed by atoms with Gasteiger partial charge in [0.25, 0.3) is 0 Å². The largest absolute Gasteiger partial charge is 0.307 e. The number of hydrogen-bond donors (Lipinski definition) is 2. The number of rotatable bonds is 6. The van der Waals surface area contributed by atoms with Gasteiger partial charge in [-0.2, -0.15) is 0 Å². The van der Waals surface area contributed by atoms with Gasteiger partial charge in [-0.1, -0.05) is 32.9 Å². The first-order chi connectivity index (χ1) is 11.8. The molecule has 0 saturated carbocycles. The minimum absolute atomic E-state index is 0.00169. The lowest BCUT2D eigenvalue weighted by Gasteiger charge is -2.51. The van der Waals surface area contributed by atoms with Crippen LogP contribution in [0.2, 0.25) is 0 Å². The van der Waals surface area contributed by atoms with Crippen molar-refractivity contribution in [1.82, 2.24) is 20.4 Å². The highest BCUT2D eigenvalue weighted by Gasteiger charge is 2.50. The topological polar surface area (TPSA) is 98.8 Å². The number of nitrogens with one attached hydrogen (secondary N) is 2. The Morgan fingerprint density at radius 1 is 0.840 bits per heavy atom. The van der Waals surface area contributed by atoms with E-state index in [1.807, 2.05) is 0 Å². The number of amides is 4. The predicted molar refractivity (Wildman–Crippen MR) is 92.4 cm³/mol. The first-order valence-electron chi connectivity index (χ1n) is 7.23. The average molecular weight is 344 g/mol. The van der Waals surface area contributed by atoms with Gasteiger partial charge in [0.15, 0.2) is 0 Å². The van der Waals surface area contributed by atoms with E-state index in [2.05, 4.69) is 43.5 Å². The van der Waals surface area contributed by atoms with Gasteiger partial charge in [-0.05, 0) is 24.3 Å². The molecular weight excluding hydrogens is 324 g/mol. The van der Waals surface area contributed by atoms with Crippen molar-refractivity contribution in [2.24, 2.45) is 0 Å². The molecule has 0 aliphatic carbocycles. The monoisotopic (exact) mass is 344 g/mol. The van der Waals surface area contributed by atoms with E-state index in [0.29, 0.717) is 0 Å². The third-order valence-corrected chi connectivity index (χ3v) is 3.56.